The fraction of sp³-hybridized carbons (Fsp3) is 0.182. The van der Waals surface area contributed by atoms with Gasteiger partial charge in [0.2, 0.25) is 5.95 Å². The van der Waals surface area contributed by atoms with Crippen molar-refractivity contribution in [2.45, 2.75) is 13.3 Å². The maximum absolute atomic E-state index is 11.7. The fourth-order valence-electron chi connectivity index (χ4n) is 1.58. The third kappa shape index (κ3) is 2.29. The molecule has 0 bridgehead atoms. The lowest BCUT2D eigenvalue weighted by molar-refractivity contribution is 0.855. The molecule has 5 nitrogen and oxygen atoms in total. The van der Waals surface area contributed by atoms with Gasteiger partial charge >= 0.3 is 5.69 Å². The first-order valence-electron chi connectivity index (χ1n) is 5.11. The first-order valence-corrected chi connectivity index (χ1v) is 5.49. The van der Waals surface area contributed by atoms with Gasteiger partial charge in [0.1, 0.15) is 6.33 Å². The second-order valence-electron chi connectivity index (χ2n) is 3.49. The number of benzene rings is 1. The zero-order valence-corrected chi connectivity index (χ0v) is 9.98. The molecule has 0 radical (unpaired) electrons. The number of nitrogens with zero attached hydrogens (tertiary/aromatic N) is 3. The highest BCUT2D eigenvalue weighted by Crippen LogP contribution is 2.18. The molecule has 0 unspecified atom stereocenters. The van der Waals surface area contributed by atoms with Gasteiger partial charge in [0.05, 0.1) is 5.69 Å². The van der Waals surface area contributed by atoms with Crippen molar-refractivity contribution in [3.63, 3.8) is 0 Å². The van der Waals surface area contributed by atoms with Gasteiger partial charge in [-0.1, -0.05) is 18.5 Å². The van der Waals surface area contributed by atoms with Crippen molar-refractivity contribution in [2.24, 2.45) is 0 Å². The second kappa shape index (κ2) is 4.55. The third-order valence-electron chi connectivity index (χ3n) is 2.40. The number of anilines is 1. The summed E-state index contributed by atoms with van der Waals surface area (Å²) in [6.45, 7) is 1.98. The number of halogens is 1. The van der Waals surface area contributed by atoms with Crippen LogP contribution in [0.5, 0.6) is 0 Å². The predicted molar refractivity (Wildman–Crippen MR) is 66.4 cm³/mol. The molecule has 1 aromatic heterocycles. The number of hydrogen-bond acceptors (Lipinski definition) is 4. The molecule has 0 aliphatic heterocycles. The molecule has 2 rings (SSSR count). The molecule has 0 amide bonds. The van der Waals surface area contributed by atoms with E-state index in [1.165, 1.54) is 10.9 Å². The Bertz CT molecular complexity index is 609. The molecule has 2 aromatic rings. The quantitative estimate of drug-likeness (QED) is 0.875. The van der Waals surface area contributed by atoms with Gasteiger partial charge in [-0.3, -0.25) is 4.57 Å². The molecule has 0 spiro atoms. The monoisotopic (exact) mass is 250 g/mol. The van der Waals surface area contributed by atoms with Gasteiger partial charge < -0.3 is 5.73 Å². The van der Waals surface area contributed by atoms with Crippen LogP contribution in [0.1, 0.15) is 12.5 Å². The molecular weight excluding hydrogens is 240 g/mol. The first kappa shape index (κ1) is 11.6. The van der Waals surface area contributed by atoms with Crippen molar-refractivity contribution in [1.29, 1.82) is 0 Å². The number of rotatable bonds is 2. The van der Waals surface area contributed by atoms with Gasteiger partial charge in [0, 0.05) is 5.02 Å². The minimum atomic E-state index is -0.450. The van der Waals surface area contributed by atoms with E-state index in [1.807, 2.05) is 13.0 Å². The Morgan fingerprint density at radius 1 is 1.47 bits per heavy atom. The second-order valence-corrected chi connectivity index (χ2v) is 3.93. The fourth-order valence-corrected chi connectivity index (χ4v) is 1.78. The lowest BCUT2D eigenvalue weighted by Gasteiger charge is -2.09. The van der Waals surface area contributed by atoms with E-state index in [1.54, 1.807) is 12.1 Å². The standard InChI is InChI=1S/C11H11ClN4O/c1-2-7-5-8(12)3-4-9(7)16-6-14-10(13)15-11(16)17/h3-6H,2H2,1H3,(H2,13,15,17). The molecule has 2 N–H and O–H groups in total. The molecule has 88 valence electrons. The predicted octanol–water partition coefficient (Wildman–Crippen LogP) is 1.43. The Morgan fingerprint density at radius 3 is 2.88 bits per heavy atom. The van der Waals surface area contributed by atoms with E-state index in [9.17, 15) is 4.79 Å². The molecule has 1 heterocycles. The SMILES string of the molecule is CCc1cc(Cl)ccc1-n1cnc(N)nc1=O. The summed E-state index contributed by atoms with van der Waals surface area (Å²) in [6.07, 6.45) is 2.12. The summed E-state index contributed by atoms with van der Waals surface area (Å²) in [5, 5.41) is 0.634. The molecule has 0 fully saturated rings. The molecule has 0 saturated heterocycles. The molecule has 0 aliphatic rings. The molecule has 1 aromatic carbocycles. The van der Waals surface area contributed by atoms with E-state index in [0.717, 1.165) is 17.7 Å². The summed E-state index contributed by atoms with van der Waals surface area (Å²) >= 11 is 5.91. The van der Waals surface area contributed by atoms with Crippen molar-refractivity contribution in [1.82, 2.24) is 14.5 Å². The van der Waals surface area contributed by atoms with Crippen LogP contribution in [0.2, 0.25) is 5.02 Å². The van der Waals surface area contributed by atoms with Crippen molar-refractivity contribution in [2.75, 3.05) is 5.73 Å². The minimum Gasteiger partial charge on any atom is -0.368 e. The van der Waals surface area contributed by atoms with Crippen LogP contribution in [0, 0.1) is 0 Å². The molecule has 0 saturated carbocycles. The lowest BCUT2D eigenvalue weighted by atomic mass is 10.1. The molecular formula is C11H11ClN4O. The Balaban J connectivity index is 2.64. The average Bonchev–Trinajstić information content (AvgIpc) is 2.30. The van der Waals surface area contributed by atoms with Crippen molar-refractivity contribution < 1.29 is 0 Å². The highest BCUT2D eigenvalue weighted by molar-refractivity contribution is 6.30. The van der Waals surface area contributed by atoms with Crippen LogP contribution in [0.4, 0.5) is 5.95 Å². The number of nitrogen functional groups attached to an aromatic ring is 1. The van der Waals surface area contributed by atoms with E-state index in [4.69, 9.17) is 17.3 Å². The Kier molecular flexibility index (Phi) is 3.10. The van der Waals surface area contributed by atoms with Gasteiger partial charge in [-0.15, -0.1) is 0 Å². The normalized spacial score (nSPS) is 10.5. The maximum atomic E-state index is 11.7. The molecule has 17 heavy (non-hydrogen) atoms. The van der Waals surface area contributed by atoms with E-state index < -0.39 is 5.69 Å². The number of aryl methyl sites for hydroxylation is 1. The Labute approximate surface area is 103 Å². The van der Waals surface area contributed by atoms with Crippen LogP contribution in [-0.4, -0.2) is 14.5 Å². The largest absolute Gasteiger partial charge is 0.368 e. The van der Waals surface area contributed by atoms with Crippen molar-refractivity contribution in [3.8, 4) is 5.69 Å². The van der Waals surface area contributed by atoms with E-state index >= 15 is 0 Å². The van der Waals surface area contributed by atoms with Crippen molar-refractivity contribution >= 4 is 17.5 Å². The smallest absolute Gasteiger partial charge is 0.356 e. The summed E-state index contributed by atoms with van der Waals surface area (Å²) in [5.74, 6) is -0.0294. The van der Waals surface area contributed by atoms with Gasteiger partial charge in [0.25, 0.3) is 0 Å². The van der Waals surface area contributed by atoms with Crippen molar-refractivity contribution in [3.05, 3.63) is 45.6 Å². The van der Waals surface area contributed by atoms with Crippen LogP contribution in [-0.2, 0) is 6.42 Å². The minimum absolute atomic E-state index is 0.0294. The van der Waals surface area contributed by atoms with Crippen LogP contribution in [0.3, 0.4) is 0 Å². The molecule has 0 atom stereocenters. The Hall–Kier alpha value is -1.88. The summed E-state index contributed by atoms with van der Waals surface area (Å²) in [4.78, 5) is 19.1. The third-order valence-corrected chi connectivity index (χ3v) is 2.64. The average molecular weight is 251 g/mol. The summed E-state index contributed by atoms with van der Waals surface area (Å²) in [5.41, 5.74) is 6.57. The topological polar surface area (TPSA) is 73.8 Å². The van der Waals surface area contributed by atoms with Gasteiger partial charge in [-0.05, 0) is 30.2 Å². The van der Waals surface area contributed by atoms with E-state index in [-0.39, 0.29) is 5.95 Å². The maximum Gasteiger partial charge on any atom is 0.356 e. The van der Waals surface area contributed by atoms with Crippen LogP contribution in [0.15, 0.2) is 29.3 Å². The van der Waals surface area contributed by atoms with Crippen LogP contribution in [0.25, 0.3) is 5.69 Å². The van der Waals surface area contributed by atoms with Gasteiger partial charge in [0.15, 0.2) is 0 Å². The van der Waals surface area contributed by atoms with Crippen LogP contribution >= 0.6 is 11.6 Å². The van der Waals surface area contributed by atoms with E-state index in [0.29, 0.717) is 5.02 Å². The van der Waals surface area contributed by atoms with Crippen LogP contribution < -0.4 is 11.4 Å². The molecule has 0 aliphatic carbocycles. The van der Waals surface area contributed by atoms with E-state index in [2.05, 4.69) is 9.97 Å². The lowest BCUT2D eigenvalue weighted by Crippen LogP contribution is -2.23. The number of aromatic nitrogens is 3. The number of nitrogens with two attached hydrogens (primary N) is 1. The molecule has 6 heteroatoms. The zero-order chi connectivity index (χ0) is 12.4. The zero-order valence-electron chi connectivity index (χ0n) is 9.22. The first-order chi connectivity index (χ1) is 8.11. The summed E-state index contributed by atoms with van der Waals surface area (Å²) in [6, 6.07) is 5.31. The highest BCUT2D eigenvalue weighted by Gasteiger charge is 2.07. The van der Waals surface area contributed by atoms with Gasteiger partial charge in [-0.25, -0.2) is 9.78 Å². The van der Waals surface area contributed by atoms with Gasteiger partial charge in [-0.2, -0.15) is 4.98 Å². The Morgan fingerprint density at radius 2 is 2.24 bits per heavy atom. The highest BCUT2D eigenvalue weighted by atomic mass is 35.5. The summed E-state index contributed by atoms with van der Waals surface area (Å²) < 4.78 is 1.35. The number of hydrogen-bond donors (Lipinski definition) is 1. The summed E-state index contributed by atoms with van der Waals surface area (Å²) in [7, 11) is 0.